The Hall–Kier alpha value is -3.46. The fraction of sp³-hybridized carbons (Fsp3) is 0.214. The Bertz CT molecular complexity index is 1370. The third kappa shape index (κ3) is 3.72. The quantitative estimate of drug-likeness (QED) is 0.311. The number of aryl methyl sites for hydroxylation is 1. The average molecular weight is 407 g/mol. The fourth-order valence-corrected chi connectivity index (χ4v) is 4.27. The Morgan fingerprint density at radius 3 is 2.48 bits per heavy atom. The minimum atomic E-state index is 0.589. The van der Waals surface area contributed by atoms with Crippen molar-refractivity contribution in [3.05, 3.63) is 95.4 Å². The zero-order valence-corrected chi connectivity index (χ0v) is 18.2. The molecule has 0 aliphatic heterocycles. The van der Waals surface area contributed by atoms with Gasteiger partial charge in [-0.3, -0.25) is 9.97 Å². The van der Waals surface area contributed by atoms with Gasteiger partial charge in [0.05, 0.1) is 22.3 Å². The van der Waals surface area contributed by atoms with Crippen molar-refractivity contribution < 1.29 is 4.42 Å². The summed E-state index contributed by atoms with van der Waals surface area (Å²) >= 11 is 0. The van der Waals surface area contributed by atoms with E-state index in [2.05, 4.69) is 63.2 Å². The summed E-state index contributed by atoms with van der Waals surface area (Å²) in [6.45, 7) is 6.63. The van der Waals surface area contributed by atoms with Crippen molar-refractivity contribution in [2.75, 3.05) is 0 Å². The first-order chi connectivity index (χ1) is 15.1. The van der Waals surface area contributed by atoms with E-state index < -0.39 is 0 Å². The van der Waals surface area contributed by atoms with Gasteiger partial charge in [0.25, 0.3) is 0 Å². The molecule has 0 atom stereocenters. The van der Waals surface area contributed by atoms with E-state index in [1.165, 1.54) is 16.7 Å². The second-order valence-electron chi connectivity index (χ2n) is 8.68. The van der Waals surface area contributed by atoms with Crippen LogP contribution in [0.25, 0.3) is 33.2 Å². The fourth-order valence-electron chi connectivity index (χ4n) is 4.27. The number of nitrogens with zero attached hydrogens (tertiary/aromatic N) is 2. The molecule has 3 aromatic heterocycles. The van der Waals surface area contributed by atoms with Crippen LogP contribution in [0.2, 0.25) is 0 Å². The van der Waals surface area contributed by atoms with Crippen LogP contribution in [-0.2, 0) is 12.8 Å². The van der Waals surface area contributed by atoms with E-state index in [1.54, 1.807) is 0 Å². The molecule has 5 rings (SSSR count). The lowest BCUT2D eigenvalue weighted by atomic mass is 9.97. The van der Waals surface area contributed by atoms with Gasteiger partial charge in [0.1, 0.15) is 11.2 Å². The first-order valence-electron chi connectivity index (χ1n) is 10.9. The van der Waals surface area contributed by atoms with Crippen molar-refractivity contribution in [2.45, 2.75) is 33.6 Å². The van der Waals surface area contributed by atoms with Gasteiger partial charge >= 0.3 is 0 Å². The first kappa shape index (κ1) is 19.5. The number of fused-ring (bicyclic) bond motifs is 3. The van der Waals surface area contributed by atoms with Gasteiger partial charge in [0.2, 0.25) is 0 Å². The summed E-state index contributed by atoms with van der Waals surface area (Å²) in [4.78, 5) is 9.66. The second kappa shape index (κ2) is 7.99. The van der Waals surface area contributed by atoms with Crippen LogP contribution in [0.4, 0.5) is 0 Å². The predicted molar refractivity (Wildman–Crippen MR) is 127 cm³/mol. The Morgan fingerprint density at radius 2 is 1.68 bits per heavy atom. The molecule has 0 fully saturated rings. The highest BCUT2D eigenvalue weighted by atomic mass is 16.3. The van der Waals surface area contributed by atoms with Crippen LogP contribution in [0.3, 0.4) is 0 Å². The third-order valence-corrected chi connectivity index (χ3v) is 5.81. The topological polar surface area (TPSA) is 38.9 Å². The molecule has 3 heteroatoms. The SMILES string of the molecule is Cc1cnc(-c2cnc(Cc3ccccc3)c3c2oc2ccccc23)cc1CC(C)C. The van der Waals surface area contributed by atoms with Gasteiger partial charge in [-0.2, -0.15) is 0 Å². The van der Waals surface area contributed by atoms with Gasteiger partial charge in [-0.1, -0.05) is 62.4 Å². The number of hydrogen-bond donors (Lipinski definition) is 0. The van der Waals surface area contributed by atoms with Crippen LogP contribution in [0.5, 0.6) is 0 Å². The zero-order chi connectivity index (χ0) is 21.4. The monoisotopic (exact) mass is 406 g/mol. The van der Waals surface area contributed by atoms with Gasteiger partial charge in [-0.05, 0) is 48.1 Å². The van der Waals surface area contributed by atoms with E-state index >= 15 is 0 Å². The first-order valence-corrected chi connectivity index (χ1v) is 10.9. The molecule has 0 saturated carbocycles. The molecule has 3 nitrogen and oxygen atoms in total. The molecule has 0 N–H and O–H groups in total. The molecule has 0 amide bonds. The molecule has 154 valence electrons. The lowest BCUT2D eigenvalue weighted by Gasteiger charge is -2.11. The second-order valence-corrected chi connectivity index (χ2v) is 8.68. The zero-order valence-electron chi connectivity index (χ0n) is 18.2. The average Bonchev–Trinajstić information content (AvgIpc) is 3.16. The number of furan rings is 1. The number of pyridine rings is 2. The largest absolute Gasteiger partial charge is 0.455 e. The highest BCUT2D eigenvalue weighted by Gasteiger charge is 2.18. The van der Waals surface area contributed by atoms with Gasteiger partial charge in [0, 0.05) is 24.2 Å². The molecule has 0 radical (unpaired) electrons. The number of rotatable bonds is 5. The van der Waals surface area contributed by atoms with E-state index in [-0.39, 0.29) is 0 Å². The highest BCUT2D eigenvalue weighted by molar-refractivity contribution is 6.10. The molecular weight excluding hydrogens is 380 g/mol. The summed E-state index contributed by atoms with van der Waals surface area (Å²) in [7, 11) is 0. The molecule has 0 saturated heterocycles. The lowest BCUT2D eigenvalue weighted by Crippen LogP contribution is -2.00. The smallest absolute Gasteiger partial charge is 0.148 e. The Labute approximate surface area is 182 Å². The van der Waals surface area contributed by atoms with Crippen LogP contribution in [0.1, 0.15) is 36.2 Å². The van der Waals surface area contributed by atoms with E-state index in [1.807, 2.05) is 30.6 Å². The summed E-state index contributed by atoms with van der Waals surface area (Å²) in [5.41, 5.74) is 8.46. The predicted octanol–water partition coefficient (Wildman–Crippen LogP) is 7.14. The minimum absolute atomic E-state index is 0.589. The van der Waals surface area contributed by atoms with Crippen LogP contribution < -0.4 is 0 Å². The minimum Gasteiger partial charge on any atom is -0.455 e. The molecule has 2 aromatic carbocycles. The Morgan fingerprint density at radius 1 is 0.903 bits per heavy atom. The maximum Gasteiger partial charge on any atom is 0.148 e. The molecule has 3 heterocycles. The number of hydrogen-bond acceptors (Lipinski definition) is 3. The summed E-state index contributed by atoms with van der Waals surface area (Å²) in [5.74, 6) is 0.589. The van der Waals surface area contributed by atoms with Crippen molar-refractivity contribution in [2.24, 2.45) is 5.92 Å². The van der Waals surface area contributed by atoms with E-state index in [4.69, 9.17) is 14.4 Å². The maximum absolute atomic E-state index is 6.39. The summed E-state index contributed by atoms with van der Waals surface area (Å²) in [6, 6.07) is 20.9. The van der Waals surface area contributed by atoms with Gasteiger partial charge in [-0.15, -0.1) is 0 Å². The van der Waals surface area contributed by atoms with E-state index in [0.29, 0.717) is 5.92 Å². The molecule has 0 unspecified atom stereocenters. The molecule has 0 aliphatic carbocycles. The number of benzene rings is 2. The van der Waals surface area contributed by atoms with E-state index in [9.17, 15) is 0 Å². The molecule has 0 bridgehead atoms. The Balaban J connectivity index is 1.72. The van der Waals surface area contributed by atoms with E-state index in [0.717, 1.165) is 51.7 Å². The van der Waals surface area contributed by atoms with Crippen molar-refractivity contribution in [1.82, 2.24) is 9.97 Å². The highest BCUT2D eigenvalue weighted by Crippen LogP contribution is 2.37. The van der Waals surface area contributed by atoms with Crippen molar-refractivity contribution >= 4 is 21.9 Å². The van der Waals surface area contributed by atoms with Gasteiger partial charge in [-0.25, -0.2) is 0 Å². The van der Waals surface area contributed by atoms with Crippen LogP contribution in [-0.4, -0.2) is 9.97 Å². The number of aromatic nitrogens is 2. The number of para-hydroxylation sites is 1. The molecule has 31 heavy (non-hydrogen) atoms. The lowest BCUT2D eigenvalue weighted by molar-refractivity contribution is 0.644. The third-order valence-electron chi connectivity index (χ3n) is 5.81. The standard InChI is InChI=1S/C28H26N2O/c1-18(2)13-21-15-24(29-16-19(21)3)23-17-30-25(14-20-9-5-4-6-10-20)27-22-11-7-8-12-26(22)31-28(23)27/h4-12,15-18H,13-14H2,1-3H3. The van der Waals surface area contributed by atoms with Crippen molar-refractivity contribution in [1.29, 1.82) is 0 Å². The van der Waals surface area contributed by atoms with Gasteiger partial charge < -0.3 is 4.42 Å². The maximum atomic E-state index is 6.39. The van der Waals surface area contributed by atoms with Crippen LogP contribution in [0.15, 0.2) is 77.5 Å². The van der Waals surface area contributed by atoms with Gasteiger partial charge in [0.15, 0.2) is 0 Å². The summed E-state index contributed by atoms with van der Waals surface area (Å²) in [6.07, 6.45) is 5.70. The summed E-state index contributed by atoms with van der Waals surface area (Å²) < 4.78 is 6.39. The van der Waals surface area contributed by atoms with Crippen molar-refractivity contribution in [3.8, 4) is 11.3 Å². The molecule has 0 spiro atoms. The Kier molecular flexibility index (Phi) is 5.03. The molecular formula is C28H26N2O. The van der Waals surface area contributed by atoms with Crippen molar-refractivity contribution in [3.63, 3.8) is 0 Å². The van der Waals surface area contributed by atoms with Crippen LogP contribution >= 0.6 is 0 Å². The molecule has 0 aliphatic rings. The van der Waals surface area contributed by atoms with Crippen LogP contribution in [0, 0.1) is 12.8 Å². The molecule has 5 aromatic rings. The summed E-state index contributed by atoms with van der Waals surface area (Å²) in [5, 5.41) is 2.19. The normalized spacial score (nSPS) is 11.6.